The number of rotatable bonds is 4. The fourth-order valence-corrected chi connectivity index (χ4v) is 2.66. The summed E-state index contributed by atoms with van der Waals surface area (Å²) in [6.45, 7) is 1.85. The Bertz CT molecular complexity index is 741. The lowest BCUT2D eigenvalue weighted by atomic mass is 10.2. The molecule has 0 aliphatic carbocycles. The van der Waals surface area contributed by atoms with Crippen LogP contribution in [0.1, 0.15) is 5.56 Å². The normalized spacial score (nSPS) is 10.5. The van der Waals surface area contributed by atoms with Crippen molar-refractivity contribution in [3.8, 4) is 0 Å². The molecular weight excluding hydrogens is 296 g/mol. The lowest BCUT2D eigenvalue weighted by Crippen LogP contribution is -2.12. The van der Waals surface area contributed by atoms with E-state index in [2.05, 4.69) is 4.72 Å². The SMILES string of the molecule is Cc1ccc(S(=O)(=O)Nc2cccc([N+](=O)[O-])c2)cc1.O. The summed E-state index contributed by atoms with van der Waals surface area (Å²) >= 11 is 0. The number of hydrogen-bond donors (Lipinski definition) is 1. The van der Waals surface area contributed by atoms with Crippen LogP contribution in [0.3, 0.4) is 0 Å². The van der Waals surface area contributed by atoms with Gasteiger partial charge < -0.3 is 5.48 Å². The average Bonchev–Trinajstić information content (AvgIpc) is 2.39. The highest BCUT2D eigenvalue weighted by atomic mass is 32.2. The summed E-state index contributed by atoms with van der Waals surface area (Å²) in [7, 11) is -3.75. The first-order valence-corrected chi connectivity index (χ1v) is 7.21. The third-order valence-corrected chi connectivity index (χ3v) is 4.04. The van der Waals surface area contributed by atoms with Crippen LogP contribution in [0.15, 0.2) is 53.4 Å². The number of anilines is 1. The van der Waals surface area contributed by atoms with E-state index < -0.39 is 14.9 Å². The standard InChI is InChI=1S/C13H12N2O4S.H2O/c1-10-5-7-13(8-6-10)20(18,19)14-11-3-2-4-12(9-11)15(16)17;/h2-9,14H,1H3;1H2. The second-order valence-corrected chi connectivity index (χ2v) is 5.91. The van der Waals surface area contributed by atoms with Gasteiger partial charge in [-0.1, -0.05) is 23.8 Å². The van der Waals surface area contributed by atoms with Gasteiger partial charge in [0.1, 0.15) is 0 Å². The molecule has 21 heavy (non-hydrogen) atoms. The predicted octanol–water partition coefficient (Wildman–Crippen LogP) is 1.88. The highest BCUT2D eigenvalue weighted by Gasteiger charge is 2.15. The minimum absolute atomic E-state index is 0. The Morgan fingerprint density at radius 2 is 1.71 bits per heavy atom. The third kappa shape index (κ3) is 4.01. The van der Waals surface area contributed by atoms with Crippen LogP contribution in [-0.2, 0) is 10.0 Å². The Morgan fingerprint density at radius 1 is 1.10 bits per heavy atom. The lowest BCUT2D eigenvalue weighted by molar-refractivity contribution is -0.384. The van der Waals surface area contributed by atoms with E-state index in [9.17, 15) is 18.5 Å². The summed E-state index contributed by atoms with van der Waals surface area (Å²) in [4.78, 5) is 10.2. The Kier molecular flexibility index (Phi) is 5.01. The highest BCUT2D eigenvalue weighted by Crippen LogP contribution is 2.20. The number of aryl methyl sites for hydroxylation is 1. The van der Waals surface area contributed by atoms with Crippen molar-refractivity contribution in [2.24, 2.45) is 0 Å². The molecule has 0 saturated carbocycles. The van der Waals surface area contributed by atoms with Gasteiger partial charge >= 0.3 is 0 Å². The monoisotopic (exact) mass is 310 g/mol. The van der Waals surface area contributed by atoms with Crippen LogP contribution in [0.5, 0.6) is 0 Å². The Hall–Kier alpha value is -2.45. The van der Waals surface area contributed by atoms with Crippen molar-refractivity contribution in [3.05, 3.63) is 64.2 Å². The molecule has 0 bridgehead atoms. The second kappa shape index (κ2) is 6.33. The number of sulfonamides is 1. The number of non-ortho nitro benzene ring substituents is 1. The molecule has 0 saturated heterocycles. The number of nitrogens with zero attached hydrogens (tertiary/aromatic N) is 1. The topological polar surface area (TPSA) is 121 Å². The quantitative estimate of drug-likeness (QED) is 0.684. The number of nitro benzene ring substituents is 1. The smallest absolute Gasteiger partial charge is 0.271 e. The average molecular weight is 310 g/mol. The zero-order valence-electron chi connectivity index (χ0n) is 11.1. The predicted molar refractivity (Wildman–Crippen MR) is 78.7 cm³/mol. The Morgan fingerprint density at radius 3 is 2.29 bits per heavy atom. The molecule has 0 aromatic heterocycles. The van der Waals surface area contributed by atoms with Crippen LogP contribution < -0.4 is 4.72 Å². The van der Waals surface area contributed by atoms with Gasteiger partial charge in [0.05, 0.1) is 15.5 Å². The fraction of sp³-hybridized carbons (Fsp3) is 0.0769. The van der Waals surface area contributed by atoms with Gasteiger partial charge in [-0.15, -0.1) is 0 Å². The molecule has 0 amide bonds. The summed E-state index contributed by atoms with van der Waals surface area (Å²) < 4.78 is 26.5. The molecule has 0 spiro atoms. The highest BCUT2D eigenvalue weighted by molar-refractivity contribution is 7.92. The van der Waals surface area contributed by atoms with Crippen LogP contribution >= 0.6 is 0 Å². The van der Waals surface area contributed by atoms with Gasteiger partial charge in [0.2, 0.25) is 0 Å². The van der Waals surface area contributed by atoms with Crippen molar-refractivity contribution in [1.29, 1.82) is 0 Å². The first kappa shape index (κ1) is 16.6. The molecule has 8 heteroatoms. The van der Waals surface area contributed by atoms with Crippen LogP contribution in [0, 0.1) is 17.0 Å². The van der Waals surface area contributed by atoms with Gasteiger partial charge in [-0.3, -0.25) is 14.8 Å². The first-order chi connectivity index (χ1) is 9.38. The van der Waals surface area contributed by atoms with Gasteiger partial charge in [0, 0.05) is 12.1 Å². The molecule has 0 heterocycles. The Balaban J connectivity index is 0.00000220. The van der Waals surface area contributed by atoms with Gasteiger partial charge in [0.15, 0.2) is 0 Å². The molecule has 0 atom stereocenters. The maximum Gasteiger partial charge on any atom is 0.271 e. The zero-order valence-corrected chi connectivity index (χ0v) is 11.9. The zero-order chi connectivity index (χ0) is 14.8. The van der Waals surface area contributed by atoms with Crippen LogP contribution in [0.25, 0.3) is 0 Å². The summed E-state index contributed by atoms with van der Waals surface area (Å²) in [5, 5.41) is 10.7. The van der Waals surface area contributed by atoms with Crippen molar-refractivity contribution in [3.63, 3.8) is 0 Å². The molecule has 0 fully saturated rings. The summed E-state index contributed by atoms with van der Waals surface area (Å²) in [6, 6.07) is 11.7. The molecule has 7 nitrogen and oxygen atoms in total. The van der Waals surface area contributed by atoms with E-state index >= 15 is 0 Å². The van der Waals surface area contributed by atoms with Crippen molar-refractivity contribution < 1.29 is 18.8 Å². The molecule has 0 aliphatic heterocycles. The molecule has 112 valence electrons. The van der Waals surface area contributed by atoms with E-state index in [1.165, 1.54) is 36.4 Å². The maximum atomic E-state index is 12.1. The van der Waals surface area contributed by atoms with Crippen LogP contribution in [0.2, 0.25) is 0 Å². The minimum atomic E-state index is -3.75. The molecule has 3 N–H and O–H groups in total. The summed E-state index contributed by atoms with van der Waals surface area (Å²) in [6.07, 6.45) is 0. The van der Waals surface area contributed by atoms with E-state index in [4.69, 9.17) is 0 Å². The maximum absolute atomic E-state index is 12.1. The van der Waals surface area contributed by atoms with Gasteiger partial charge in [0.25, 0.3) is 15.7 Å². The van der Waals surface area contributed by atoms with E-state index in [0.717, 1.165) is 5.56 Å². The number of nitrogens with one attached hydrogen (secondary N) is 1. The minimum Gasteiger partial charge on any atom is -0.412 e. The van der Waals surface area contributed by atoms with E-state index in [-0.39, 0.29) is 21.7 Å². The molecule has 0 aliphatic rings. The van der Waals surface area contributed by atoms with Gasteiger partial charge in [-0.25, -0.2) is 8.42 Å². The second-order valence-electron chi connectivity index (χ2n) is 4.23. The van der Waals surface area contributed by atoms with Crippen LogP contribution in [0.4, 0.5) is 11.4 Å². The lowest BCUT2D eigenvalue weighted by Gasteiger charge is -2.08. The van der Waals surface area contributed by atoms with Crippen molar-refractivity contribution >= 4 is 21.4 Å². The third-order valence-electron chi connectivity index (χ3n) is 2.64. The van der Waals surface area contributed by atoms with Crippen molar-refractivity contribution in [1.82, 2.24) is 0 Å². The first-order valence-electron chi connectivity index (χ1n) is 5.72. The number of benzene rings is 2. The summed E-state index contributed by atoms with van der Waals surface area (Å²) in [5.74, 6) is 0. The molecular formula is C13H14N2O5S. The van der Waals surface area contributed by atoms with Gasteiger partial charge in [-0.2, -0.15) is 0 Å². The van der Waals surface area contributed by atoms with Crippen molar-refractivity contribution in [2.45, 2.75) is 11.8 Å². The summed E-state index contributed by atoms with van der Waals surface area (Å²) in [5.41, 5.74) is 0.924. The number of nitro groups is 1. The van der Waals surface area contributed by atoms with Gasteiger partial charge in [-0.05, 0) is 25.1 Å². The van der Waals surface area contributed by atoms with E-state index in [1.807, 2.05) is 6.92 Å². The van der Waals surface area contributed by atoms with Crippen molar-refractivity contribution in [2.75, 3.05) is 4.72 Å². The number of hydrogen-bond acceptors (Lipinski definition) is 4. The van der Waals surface area contributed by atoms with E-state index in [0.29, 0.717) is 0 Å². The van der Waals surface area contributed by atoms with Crippen LogP contribution in [-0.4, -0.2) is 18.8 Å². The molecule has 2 rings (SSSR count). The largest absolute Gasteiger partial charge is 0.412 e. The molecule has 2 aromatic carbocycles. The molecule has 0 unspecified atom stereocenters. The van der Waals surface area contributed by atoms with E-state index in [1.54, 1.807) is 12.1 Å². The molecule has 2 aromatic rings. The fourth-order valence-electron chi connectivity index (χ4n) is 1.61. The molecule has 0 radical (unpaired) electrons. The Labute approximate surface area is 121 Å².